The fraction of sp³-hybridized carbons (Fsp3) is 0.278. The zero-order chi connectivity index (χ0) is 18.5. The van der Waals surface area contributed by atoms with Crippen LogP contribution in [0.1, 0.15) is 15.9 Å². The van der Waals surface area contributed by atoms with E-state index in [0.29, 0.717) is 43.2 Å². The number of non-ortho nitro benzene ring substituents is 1. The number of carbonyl (C=O) groups is 1. The second-order valence-corrected chi connectivity index (χ2v) is 5.87. The summed E-state index contributed by atoms with van der Waals surface area (Å²) in [6, 6.07) is 11.1. The summed E-state index contributed by atoms with van der Waals surface area (Å²) in [7, 11) is 0. The quantitative estimate of drug-likeness (QED) is 0.628. The maximum Gasteiger partial charge on any atom is 0.270 e. The summed E-state index contributed by atoms with van der Waals surface area (Å²) in [6.07, 6.45) is 0. The van der Waals surface area contributed by atoms with Crippen molar-refractivity contribution in [1.29, 1.82) is 0 Å². The monoisotopic (exact) mass is 357 g/mol. The zero-order valence-electron chi connectivity index (χ0n) is 14.1. The van der Waals surface area contributed by atoms with Gasteiger partial charge in [0.05, 0.1) is 36.0 Å². The SMILES string of the molecule is O=C(Nc1cccc(CO)c1)c1cc([N+](=O)[O-])ccc1N1CCOCC1. The minimum Gasteiger partial charge on any atom is -0.392 e. The molecule has 0 spiro atoms. The Balaban J connectivity index is 1.92. The van der Waals surface area contributed by atoms with Gasteiger partial charge >= 0.3 is 0 Å². The molecule has 0 radical (unpaired) electrons. The Kier molecular flexibility index (Phi) is 5.45. The number of aliphatic hydroxyl groups excluding tert-OH is 1. The molecule has 2 aromatic rings. The molecule has 0 saturated carbocycles. The molecule has 0 aromatic heterocycles. The molecule has 2 aromatic carbocycles. The van der Waals surface area contributed by atoms with Crippen molar-refractivity contribution in [2.45, 2.75) is 6.61 Å². The van der Waals surface area contributed by atoms with E-state index in [9.17, 15) is 20.0 Å². The highest BCUT2D eigenvalue weighted by molar-refractivity contribution is 6.08. The van der Waals surface area contributed by atoms with Crippen LogP contribution in [-0.2, 0) is 11.3 Å². The van der Waals surface area contributed by atoms with E-state index < -0.39 is 10.8 Å². The molecule has 1 heterocycles. The Morgan fingerprint density at radius 3 is 2.69 bits per heavy atom. The van der Waals surface area contributed by atoms with Crippen LogP contribution in [-0.4, -0.2) is 42.2 Å². The number of benzene rings is 2. The van der Waals surface area contributed by atoms with Crippen LogP contribution in [0.3, 0.4) is 0 Å². The van der Waals surface area contributed by atoms with Gasteiger partial charge in [0, 0.05) is 30.9 Å². The predicted octanol–water partition coefficient (Wildman–Crippen LogP) is 2.18. The number of ether oxygens (including phenoxy) is 1. The topological polar surface area (TPSA) is 105 Å². The molecule has 1 aliphatic rings. The Hall–Kier alpha value is -2.97. The van der Waals surface area contributed by atoms with Crippen molar-refractivity contribution in [3.63, 3.8) is 0 Å². The normalized spacial score (nSPS) is 14.1. The lowest BCUT2D eigenvalue weighted by Gasteiger charge is -2.30. The fourth-order valence-corrected chi connectivity index (χ4v) is 2.85. The van der Waals surface area contributed by atoms with Gasteiger partial charge in [-0.25, -0.2) is 0 Å². The molecule has 0 bridgehead atoms. The molecular weight excluding hydrogens is 338 g/mol. The van der Waals surface area contributed by atoms with Crippen LogP contribution < -0.4 is 10.2 Å². The van der Waals surface area contributed by atoms with E-state index in [0.717, 1.165) is 0 Å². The standard InChI is InChI=1S/C18H19N3O5/c22-12-13-2-1-3-14(10-13)19-18(23)16-11-15(21(24)25)4-5-17(16)20-6-8-26-9-7-20/h1-5,10-11,22H,6-9,12H2,(H,19,23). The molecule has 0 aliphatic carbocycles. The van der Waals surface area contributed by atoms with E-state index in [1.807, 2.05) is 4.90 Å². The molecular formula is C18H19N3O5. The second-order valence-electron chi connectivity index (χ2n) is 5.87. The van der Waals surface area contributed by atoms with Crippen molar-refractivity contribution in [3.8, 4) is 0 Å². The third-order valence-corrected chi connectivity index (χ3v) is 4.15. The number of nitro benzene ring substituents is 1. The van der Waals surface area contributed by atoms with E-state index in [1.54, 1.807) is 30.3 Å². The minimum atomic E-state index is -0.522. The lowest BCUT2D eigenvalue weighted by Crippen LogP contribution is -2.37. The van der Waals surface area contributed by atoms with Crippen molar-refractivity contribution in [1.82, 2.24) is 0 Å². The molecule has 1 aliphatic heterocycles. The average molecular weight is 357 g/mol. The number of morpholine rings is 1. The van der Waals surface area contributed by atoms with Crippen LogP contribution in [0.25, 0.3) is 0 Å². The van der Waals surface area contributed by atoms with Crippen LogP contribution in [0.5, 0.6) is 0 Å². The molecule has 8 heteroatoms. The van der Waals surface area contributed by atoms with E-state index in [1.165, 1.54) is 12.1 Å². The van der Waals surface area contributed by atoms with Crippen molar-refractivity contribution in [3.05, 3.63) is 63.7 Å². The van der Waals surface area contributed by atoms with Gasteiger partial charge in [-0.3, -0.25) is 14.9 Å². The maximum atomic E-state index is 12.8. The number of hydrogen-bond acceptors (Lipinski definition) is 6. The first kappa shape index (κ1) is 17.8. The molecule has 0 atom stereocenters. The maximum absolute atomic E-state index is 12.8. The van der Waals surface area contributed by atoms with Gasteiger partial charge in [-0.1, -0.05) is 12.1 Å². The predicted molar refractivity (Wildman–Crippen MR) is 96.4 cm³/mol. The molecule has 1 saturated heterocycles. The Labute approximate surface area is 150 Å². The minimum absolute atomic E-state index is 0.139. The number of rotatable bonds is 5. The number of aliphatic hydroxyl groups is 1. The highest BCUT2D eigenvalue weighted by Gasteiger charge is 2.22. The van der Waals surface area contributed by atoms with Gasteiger partial charge in [-0.15, -0.1) is 0 Å². The summed E-state index contributed by atoms with van der Waals surface area (Å²) in [6.45, 7) is 2.16. The number of hydrogen-bond donors (Lipinski definition) is 2. The highest BCUT2D eigenvalue weighted by atomic mass is 16.6. The second kappa shape index (κ2) is 7.94. The lowest BCUT2D eigenvalue weighted by atomic mass is 10.1. The third-order valence-electron chi connectivity index (χ3n) is 4.15. The Bertz CT molecular complexity index is 818. The smallest absolute Gasteiger partial charge is 0.270 e. The van der Waals surface area contributed by atoms with Gasteiger partial charge in [-0.05, 0) is 23.8 Å². The third kappa shape index (κ3) is 3.98. The number of amides is 1. The highest BCUT2D eigenvalue weighted by Crippen LogP contribution is 2.27. The summed E-state index contributed by atoms with van der Waals surface area (Å²) >= 11 is 0. The van der Waals surface area contributed by atoms with E-state index in [4.69, 9.17) is 4.74 Å². The first-order valence-electron chi connectivity index (χ1n) is 8.21. The molecule has 3 rings (SSSR count). The van der Waals surface area contributed by atoms with Crippen LogP contribution >= 0.6 is 0 Å². The first-order valence-corrected chi connectivity index (χ1v) is 8.21. The first-order chi connectivity index (χ1) is 12.6. The zero-order valence-corrected chi connectivity index (χ0v) is 14.1. The summed E-state index contributed by atoms with van der Waals surface area (Å²) in [5.41, 5.74) is 1.90. The Morgan fingerprint density at radius 1 is 1.23 bits per heavy atom. The molecule has 2 N–H and O–H groups in total. The molecule has 1 fully saturated rings. The summed E-state index contributed by atoms with van der Waals surface area (Å²) in [5.74, 6) is -0.440. The fourth-order valence-electron chi connectivity index (χ4n) is 2.85. The van der Waals surface area contributed by atoms with E-state index in [2.05, 4.69) is 5.32 Å². The largest absolute Gasteiger partial charge is 0.392 e. The number of carbonyl (C=O) groups excluding carboxylic acids is 1. The average Bonchev–Trinajstić information content (AvgIpc) is 2.68. The van der Waals surface area contributed by atoms with Crippen LogP contribution in [0, 0.1) is 10.1 Å². The molecule has 26 heavy (non-hydrogen) atoms. The summed E-state index contributed by atoms with van der Waals surface area (Å²) in [5, 5.41) is 23.1. The number of nitro groups is 1. The number of anilines is 2. The van der Waals surface area contributed by atoms with Crippen LogP contribution in [0.4, 0.5) is 17.1 Å². The van der Waals surface area contributed by atoms with Gasteiger partial charge < -0.3 is 20.1 Å². The molecule has 8 nitrogen and oxygen atoms in total. The van der Waals surface area contributed by atoms with Gasteiger partial charge in [0.2, 0.25) is 0 Å². The van der Waals surface area contributed by atoms with Crippen LogP contribution in [0.2, 0.25) is 0 Å². The summed E-state index contributed by atoms with van der Waals surface area (Å²) in [4.78, 5) is 25.4. The lowest BCUT2D eigenvalue weighted by molar-refractivity contribution is -0.384. The summed E-state index contributed by atoms with van der Waals surface area (Å²) < 4.78 is 5.33. The van der Waals surface area contributed by atoms with Crippen molar-refractivity contribution >= 4 is 23.0 Å². The van der Waals surface area contributed by atoms with E-state index >= 15 is 0 Å². The molecule has 1 amide bonds. The Morgan fingerprint density at radius 2 is 2.00 bits per heavy atom. The molecule has 0 unspecified atom stereocenters. The van der Waals surface area contributed by atoms with Gasteiger partial charge in [0.15, 0.2) is 0 Å². The number of nitrogens with one attached hydrogen (secondary N) is 1. The van der Waals surface area contributed by atoms with Crippen molar-refractivity contribution in [2.24, 2.45) is 0 Å². The number of nitrogens with zero attached hydrogens (tertiary/aromatic N) is 2. The van der Waals surface area contributed by atoms with Crippen molar-refractivity contribution in [2.75, 3.05) is 36.5 Å². The van der Waals surface area contributed by atoms with Crippen LogP contribution in [0.15, 0.2) is 42.5 Å². The molecule has 136 valence electrons. The van der Waals surface area contributed by atoms with Gasteiger partial charge in [-0.2, -0.15) is 0 Å². The van der Waals surface area contributed by atoms with Crippen molar-refractivity contribution < 1.29 is 19.6 Å². The van der Waals surface area contributed by atoms with Gasteiger partial charge in [0.1, 0.15) is 0 Å². The van der Waals surface area contributed by atoms with Gasteiger partial charge in [0.25, 0.3) is 11.6 Å². The van der Waals surface area contributed by atoms with E-state index in [-0.39, 0.29) is 17.9 Å².